The summed E-state index contributed by atoms with van der Waals surface area (Å²) in [5.41, 5.74) is -0.436. The van der Waals surface area contributed by atoms with E-state index in [0.717, 1.165) is 0 Å². The first-order valence-corrected chi connectivity index (χ1v) is 5.60. The minimum absolute atomic E-state index is 0.0172. The van der Waals surface area contributed by atoms with Crippen LogP contribution in [-0.4, -0.2) is 15.8 Å². The molecule has 1 aromatic carbocycles. The molecule has 5 heteroatoms. The van der Waals surface area contributed by atoms with Crippen LogP contribution in [0.2, 0.25) is 0 Å². The van der Waals surface area contributed by atoms with E-state index in [-0.39, 0.29) is 5.78 Å². The second-order valence-electron chi connectivity index (χ2n) is 5.25. The normalized spacial score (nSPS) is 11.7. The summed E-state index contributed by atoms with van der Waals surface area (Å²) in [5, 5.41) is 0. The molecule has 0 aliphatic carbocycles. The molecule has 0 saturated heterocycles. The Hall–Kier alpha value is -2.17. The quantitative estimate of drug-likeness (QED) is 0.590. The summed E-state index contributed by atoms with van der Waals surface area (Å²) in [6.45, 7) is 5.49. The minimum atomic E-state index is -0.720. The lowest BCUT2D eigenvalue weighted by Gasteiger charge is -2.16. The van der Waals surface area contributed by atoms with Gasteiger partial charge in [-0.1, -0.05) is 20.8 Å². The molecule has 0 unspecified atom stereocenters. The molecule has 0 radical (unpaired) electrons. The number of benzene rings is 1. The maximum absolute atomic E-state index is 12.1. The van der Waals surface area contributed by atoms with Crippen molar-refractivity contribution in [3.63, 3.8) is 0 Å². The van der Waals surface area contributed by atoms with E-state index >= 15 is 0 Å². The van der Waals surface area contributed by atoms with Crippen LogP contribution in [-0.2, 0) is 0 Å². The summed E-state index contributed by atoms with van der Waals surface area (Å²) < 4.78 is 0. The van der Waals surface area contributed by atoms with Gasteiger partial charge in [-0.25, -0.2) is 0 Å². The first-order chi connectivity index (χ1) is 8.29. The number of hydrogen-bond acceptors (Lipinski definition) is 3. The van der Waals surface area contributed by atoms with Crippen molar-refractivity contribution >= 4 is 16.8 Å². The first-order valence-electron chi connectivity index (χ1n) is 5.60. The zero-order chi connectivity index (χ0) is 13.5. The molecule has 5 nitrogen and oxygen atoms in total. The molecule has 0 spiro atoms. The molecule has 2 rings (SSSR count). The van der Waals surface area contributed by atoms with Gasteiger partial charge in [-0.2, -0.15) is 0 Å². The van der Waals surface area contributed by atoms with E-state index in [9.17, 15) is 14.4 Å². The Morgan fingerprint density at radius 1 is 1.00 bits per heavy atom. The third-order valence-electron chi connectivity index (χ3n) is 2.67. The van der Waals surface area contributed by atoms with Gasteiger partial charge in [-0.3, -0.25) is 14.4 Å². The van der Waals surface area contributed by atoms with Crippen LogP contribution in [0.1, 0.15) is 31.1 Å². The average molecular weight is 246 g/mol. The molecule has 0 fully saturated rings. The fraction of sp³-hybridized carbons (Fsp3) is 0.308. The predicted molar refractivity (Wildman–Crippen MR) is 69.0 cm³/mol. The molecule has 0 atom stereocenters. The standard InChI is InChI=1S/C13H14N2O3/c1-13(2,3)10(16)7-4-5-8-9(6-7)15-12(18)11(17)14-8/h4-6H,1-3H3,(H,14,17)(H,15,18). The summed E-state index contributed by atoms with van der Waals surface area (Å²) in [7, 11) is 0. The number of ketones is 1. The SMILES string of the molecule is CC(C)(C)C(=O)c1ccc2[nH]c(=O)c(=O)[nH]c2c1. The average Bonchev–Trinajstić information content (AvgIpc) is 2.28. The molecule has 0 bridgehead atoms. The molecular weight excluding hydrogens is 232 g/mol. The van der Waals surface area contributed by atoms with E-state index < -0.39 is 16.5 Å². The van der Waals surface area contributed by atoms with Crippen molar-refractivity contribution in [2.24, 2.45) is 5.41 Å². The third-order valence-corrected chi connectivity index (χ3v) is 2.67. The third kappa shape index (κ3) is 2.11. The van der Waals surface area contributed by atoms with E-state index in [1.54, 1.807) is 18.2 Å². The molecule has 0 aliphatic heterocycles. The lowest BCUT2D eigenvalue weighted by Crippen LogP contribution is -2.29. The van der Waals surface area contributed by atoms with Gasteiger partial charge >= 0.3 is 11.1 Å². The zero-order valence-electron chi connectivity index (χ0n) is 10.5. The molecule has 2 N–H and O–H groups in total. The second kappa shape index (κ2) is 3.94. The maximum Gasteiger partial charge on any atom is 0.314 e. The van der Waals surface area contributed by atoms with Crippen LogP contribution < -0.4 is 11.1 Å². The number of carbonyl (C=O) groups excluding carboxylic acids is 1. The summed E-state index contributed by atoms with van der Waals surface area (Å²) in [5.74, 6) is -0.0172. The Morgan fingerprint density at radius 2 is 1.56 bits per heavy atom. The number of Topliss-reactive ketones (excluding diaryl/α,β-unsaturated/α-hetero) is 1. The summed E-state index contributed by atoms with van der Waals surface area (Å²) >= 11 is 0. The van der Waals surface area contributed by atoms with Gasteiger partial charge in [-0.15, -0.1) is 0 Å². The van der Waals surface area contributed by atoms with Gasteiger partial charge in [0.05, 0.1) is 11.0 Å². The van der Waals surface area contributed by atoms with Crippen LogP contribution in [0.5, 0.6) is 0 Å². The molecule has 94 valence electrons. The highest BCUT2D eigenvalue weighted by atomic mass is 16.2. The van der Waals surface area contributed by atoms with E-state index in [0.29, 0.717) is 16.6 Å². The lowest BCUT2D eigenvalue weighted by atomic mass is 9.86. The van der Waals surface area contributed by atoms with Crippen LogP contribution >= 0.6 is 0 Å². The predicted octanol–water partition coefficient (Wildman–Crippen LogP) is 1.45. The van der Waals surface area contributed by atoms with Gasteiger partial charge in [0.15, 0.2) is 5.78 Å². The Balaban J connectivity index is 2.65. The van der Waals surface area contributed by atoms with Crippen molar-refractivity contribution in [2.75, 3.05) is 0 Å². The van der Waals surface area contributed by atoms with Crippen molar-refractivity contribution in [3.8, 4) is 0 Å². The number of rotatable bonds is 1. The van der Waals surface area contributed by atoms with Crippen molar-refractivity contribution in [2.45, 2.75) is 20.8 Å². The van der Waals surface area contributed by atoms with Gasteiger partial charge in [0.2, 0.25) is 0 Å². The Labute approximate surface area is 103 Å². The zero-order valence-corrected chi connectivity index (χ0v) is 10.5. The van der Waals surface area contributed by atoms with Gasteiger partial charge in [0, 0.05) is 11.0 Å². The van der Waals surface area contributed by atoms with Gasteiger partial charge in [-0.05, 0) is 18.2 Å². The number of aromatic amines is 2. The Bertz CT molecular complexity index is 732. The topological polar surface area (TPSA) is 82.8 Å². The minimum Gasteiger partial charge on any atom is -0.316 e. The highest BCUT2D eigenvalue weighted by molar-refractivity contribution is 6.01. The highest BCUT2D eigenvalue weighted by Crippen LogP contribution is 2.22. The molecule has 2 aromatic rings. The van der Waals surface area contributed by atoms with Crippen LogP contribution in [0.25, 0.3) is 11.0 Å². The van der Waals surface area contributed by atoms with E-state index in [1.807, 2.05) is 20.8 Å². The first kappa shape index (κ1) is 12.3. The maximum atomic E-state index is 12.1. The van der Waals surface area contributed by atoms with Gasteiger partial charge in [0.25, 0.3) is 0 Å². The molecule has 0 saturated carbocycles. The molecule has 18 heavy (non-hydrogen) atoms. The summed E-state index contributed by atoms with van der Waals surface area (Å²) in [4.78, 5) is 39.4. The lowest BCUT2D eigenvalue weighted by molar-refractivity contribution is 0.0858. The van der Waals surface area contributed by atoms with E-state index in [4.69, 9.17) is 0 Å². The summed E-state index contributed by atoms with van der Waals surface area (Å²) in [6, 6.07) is 4.84. The molecule has 0 aliphatic rings. The number of hydrogen-bond donors (Lipinski definition) is 2. The fourth-order valence-corrected chi connectivity index (χ4v) is 1.69. The van der Waals surface area contributed by atoms with Crippen molar-refractivity contribution in [1.82, 2.24) is 9.97 Å². The van der Waals surface area contributed by atoms with Crippen LogP contribution in [0.4, 0.5) is 0 Å². The Kier molecular flexibility index (Phi) is 2.69. The number of fused-ring (bicyclic) bond motifs is 1. The van der Waals surface area contributed by atoms with Crippen LogP contribution in [0, 0.1) is 5.41 Å². The van der Waals surface area contributed by atoms with Crippen molar-refractivity contribution in [3.05, 3.63) is 44.5 Å². The second-order valence-corrected chi connectivity index (χ2v) is 5.25. The monoisotopic (exact) mass is 246 g/mol. The number of nitrogens with one attached hydrogen (secondary N) is 2. The molecule has 1 heterocycles. The Morgan fingerprint density at radius 3 is 2.11 bits per heavy atom. The number of carbonyl (C=O) groups is 1. The molecule has 1 aromatic heterocycles. The van der Waals surface area contributed by atoms with Crippen LogP contribution in [0.15, 0.2) is 27.8 Å². The molecular formula is C13H14N2O3. The highest BCUT2D eigenvalue weighted by Gasteiger charge is 2.23. The van der Waals surface area contributed by atoms with Crippen molar-refractivity contribution < 1.29 is 4.79 Å². The number of H-pyrrole nitrogens is 2. The summed E-state index contributed by atoms with van der Waals surface area (Å²) in [6.07, 6.45) is 0. The largest absolute Gasteiger partial charge is 0.316 e. The fourth-order valence-electron chi connectivity index (χ4n) is 1.69. The van der Waals surface area contributed by atoms with Crippen LogP contribution in [0.3, 0.4) is 0 Å². The smallest absolute Gasteiger partial charge is 0.314 e. The van der Waals surface area contributed by atoms with E-state index in [2.05, 4.69) is 9.97 Å². The molecule has 0 amide bonds. The van der Waals surface area contributed by atoms with E-state index in [1.165, 1.54) is 0 Å². The van der Waals surface area contributed by atoms with Crippen molar-refractivity contribution in [1.29, 1.82) is 0 Å². The number of aromatic nitrogens is 2. The van der Waals surface area contributed by atoms with Gasteiger partial charge in [0.1, 0.15) is 0 Å². The van der Waals surface area contributed by atoms with Gasteiger partial charge < -0.3 is 9.97 Å².